The highest BCUT2D eigenvalue weighted by molar-refractivity contribution is 5.19. The van der Waals surface area contributed by atoms with Gasteiger partial charge in [-0.25, -0.2) is 0 Å². The number of hydrogen-bond acceptors (Lipinski definition) is 3. The predicted molar refractivity (Wildman–Crippen MR) is 70.1 cm³/mol. The minimum atomic E-state index is 0.424. The van der Waals surface area contributed by atoms with Crippen molar-refractivity contribution in [2.24, 2.45) is 0 Å². The first-order chi connectivity index (χ1) is 8.33. The first-order valence-corrected chi connectivity index (χ1v) is 6.32. The fourth-order valence-corrected chi connectivity index (χ4v) is 2.46. The zero-order chi connectivity index (χ0) is 12.1. The van der Waals surface area contributed by atoms with Crippen LogP contribution in [0.1, 0.15) is 18.0 Å². The lowest BCUT2D eigenvalue weighted by Crippen LogP contribution is -2.39. The van der Waals surface area contributed by atoms with Crippen LogP contribution in [0.5, 0.6) is 0 Å². The summed E-state index contributed by atoms with van der Waals surface area (Å²) in [7, 11) is 4.21. The number of benzene rings is 1. The monoisotopic (exact) mass is 234 g/mol. The molecule has 1 aromatic rings. The largest absolute Gasteiger partial charge is 0.380 e. The van der Waals surface area contributed by atoms with Gasteiger partial charge >= 0.3 is 0 Å². The van der Waals surface area contributed by atoms with E-state index in [0.29, 0.717) is 12.1 Å². The van der Waals surface area contributed by atoms with Gasteiger partial charge in [-0.3, -0.25) is 4.90 Å². The van der Waals surface area contributed by atoms with E-state index < -0.39 is 0 Å². The lowest BCUT2D eigenvalue weighted by Gasteiger charge is -2.32. The molecule has 1 aliphatic rings. The summed E-state index contributed by atoms with van der Waals surface area (Å²) in [6.07, 6.45) is 1.14. The predicted octanol–water partition coefficient (Wildman–Crippen LogP) is 1.67. The standard InChI is InChI=1S/C14H22N2O/c1-15-10-14(12-6-4-3-5-7-12)16(2)13-8-9-17-11-13/h3-7,13-15H,8-11H2,1-2H3. The highest BCUT2D eigenvalue weighted by Gasteiger charge is 2.26. The fraction of sp³-hybridized carbons (Fsp3) is 0.571. The number of ether oxygens (including phenoxy) is 1. The van der Waals surface area contributed by atoms with Crippen LogP contribution >= 0.6 is 0 Å². The van der Waals surface area contributed by atoms with Crippen molar-refractivity contribution in [3.63, 3.8) is 0 Å². The van der Waals surface area contributed by atoms with Crippen molar-refractivity contribution in [2.75, 3.05) is 33.9 Å². The second-order valence-electron chi connectivity index (χ2n) is 4.67. The lowest BCUT2D eigenvalue weighted by atomic mass is 10.0. The van der Waals surface area contributed by atoms with Gasteiger partial charge in [-0.05, 0) is 26.1 Å². The molecule has 17 heavy (non-hydrogen) atoms. The third kappa shape index (κ3) is 3.06. The second kappa shape index (κ2) is 6.15. The van der Waals surface area contributed by atoms with Crippen molar-refractivity contribution in [2.45, 2.75) is 18.5 Å². The van der Waals surface area contributed by atoms with Crippen LogP contribution in [-0.4, -0.2) is 44.8 Å². The van der Waals surface area contributed by atoms with Gasteiger partial charge in [-0.2, -0.15) is 0 Å². The molecule has 1 aliphatic heterocycles. The molecule has 0 aromatic heterocycles. The van der Waals surface area contributed by atoms with Crippen LogP contribution in [0.4, 0.5) is 0 Å². The highest BCUT2D eigenvalue weighted by atomic mass is 16.5. The Morgan fingerprint density at radius 2 is 2.18 bits per heavy atom. The first-order valence-electron chi connectivity index (χ1n) is 6.32. The molecule has 1 N–H and O–H groups in total. The summed E-state index contributed by atoms with van der Waals surface area (Å²) >= 11 is 0. The minimum Gasteiger partial charge on any atom is -0.380 e. The first kappa shape index (κ1) is 12.6. The molecular formula is C14H22N2O. The van der Waals surface area contributed by atoms with Crippen molar-refractivity contribution in [1.82, 2.24) is 10.2 Å². The van der Waals surface area contributed by atoms with Crippen molar-refractivity contribution in [1.29, 1.82) is 0 Å². The summed E-state index contributed by atoms with van der Waals surface area (Å²) in [4.78, 5) is 2.44. The van der Waals surface area contributed by atoms with Gasteiger partial charge in [-0.15, -0.1) is 0 Å². The number of hydrogen-bond donors (Lipinski definition) is 1. The van der Waals surface area contributed by atoms with Gasteiger partial charge in [0.05, 0.1) is 6.61 Å². The molecule has 0 aliphatic carbocycles. The van der Waals surface area contributed by atoms with Crippen LogP contribution in [-0.2, 0) is 4.74 Å². The summed E-state index contributed by atoms with van der Waals surface area (Å²) in [6.45, 7) is 2.73. The second-order valence-corrected chi connectivity index (χ2v) is 4.67. The summed E-state index contributed by atoms with van der Waals surface area (Å²) in [5.74, 6) is 0. The molecule has 3 heteroatoms. The number of rotatable bonds is 5. The van der Waals surface area contributed by atoms with Gasteiger partial charge in [0.2, 0.25) is 0 Å². The maximum absolute atomic E-state index is 5.48. The molecule has 2 rings (SSSR count). The van der Waals surface area contributed by atoms with Gasteiger partial charge in [0.25, 0.3) is 0 Å². The number of nitrogens with zero attached hydrogens (tertiary/aromatic N) is 1. The molecule has 0 amide bonds. The SMILES string of the molecule is CNCC(c1ccccc1)N(C)C1CCOC1. The smallest absolute Gasteiger partial charge is 0.0622 e. The van der Waals surface area contributed by atoms with Crippen molar-refractivity contribution >= 4 is 0 Å². The highest BCUT2D eigenvalue weighted by Crippen LogP contribution is 2.23. The van der Waals surface area contributed by atoms with E-state index in [1.165, 1.54) is 5.56 Å². The van der Waals surface area contributed by atoms with Crippen molar-refractivity contribution in [3.8, 4) is 0 Å². The van der Waals surface area contributed by atoms with Crippen LogP contribution in [0.3, 0.4) is 0 Å². The van der Waals surface area contributed by atoms with Crippen LogP contribution in [0, 0.1) is 0 Å². The van der Waals surface area contributed by atoms with Gasteiger partial charge < -0.3 is 10.1 Å². The van der Waals surface area contributed by atoms with Gasteiger partial charge in [-0.1, -0.05) is 30.3 Å². The van der Waals surface area contributed by atoms with Crippen LogP contribution < -0.4 is 5.32 Å². The van der Waals surface area contributed by atoms with Gasteiger partial charge in [0, 0.05) is 25.2 Å². The summed E-state index contributed by atoms with van der Waals surface area (Å²) in [5.41, 5.74) is 1.37. The maximum atomic E-state index is 5.48. The zero-order valence-corrected chi connectivity index (χ0v) is 10.7. The van der Waals surface area contributed by atoms with E-state index in [-0.39, 0.29) is 0 Å². The summed E-state index contributed by atoms with van der Waals surface area (Å²) < 4.78 is 5.48. The third-order valence-corrected chi connectivity index (χ3v) is 3.56. The Labute approximate surface area is 104 Å². The molecule has 2 atom stereocenters. The molecule has 0 spiro atoms. The molecule has 1 heterocycles. The average molecular weight is 234 g/mol. The summed E-state index contributed by atoms with van der Waals surface area (Å²) in [6, 6.07) is 11.7. The quantitative estimate of drug-likeness (QED) is 0.838. The Kier molecular flexibility index (Phi) is 4.54. The molecule has 2 unspecified atom stereocenters. The molecular weight excluding hydrogens is 212 g/mol. The van der Waals surface area contributed by atoms with E-state index in [1.54, 1.807) is 0 Å². The molecule has 0 bridgehead atoms. The van der Waals surface area contributed by atoms with Gasteiger partial charge in [0.15, 0.2) is 0 Å². The zero-order valence-electron chi connectivity index (χ0n) is 10.7. The van der Waals surface area contributed by atoms with Crippen LogP contribution in [0.25, 0.3) is 0 Å². The van der Waals surface area contributed by atoms with E-state index in [0.717, 1.165) is 26.2 Å². The topological polar surface area (TPSA) is 24.5 Å². The van der Waals surface area contributed by atoms with Crippen LogP contribution in [0.15, 0.2) is 30.3 Å². The van der Waals surface area contributed by atoms with Crippen molar-refractivity contribution in [3.05, 3.63) is 35.9 Å². The van der Waals surface area contributed by atoms with E-state index >= 15 is 0 Å². The van der Waals surface area contributed by atoms with E-state index in [4.69, 9.17) is 4.74 Å². The average Bonchev–Trinajstić information content (AvgIpc) is 2.90. The van der Waals surface area contributed by atoms with Gasteiger partial charge in [0.1, 0.15) is 0 Å². The molecule has 0 saturated carbocycles. The molecule has 1 aromatic carbocycles. The fourth-order valence-electron chi connectivity index (χ4n) is 2.46. The Balaban J connectivity index is 2.10. The molecule has 94 valence electrons. The lowest BCUT2D eigenvalue weighted by molar-refractivity contribution is 0.132. The van der Waals surface area contributed by atoms with Crippen LogP contribution in [0.2, 0.25) is 0 Å². The number of likely N-dealkylation sites (N-methyl/N-ethyl adjacent to an activating group) is 2. The Hall–Kier alpha value is -0.900. The normalized spacial score (nSPS) is 21.9. The Morgan fingerprint density at radius 1 is 1.41 bits per heavy atom. The summed E-state index contributed by atoms with van der Waals surface area (Å²) in [5, 5.41) is 3.29. The van der Waals surface area contributed by atoms with E-state index in [9.17, 15) is 0 Å². The molecule has 1 fully saturated rings. The van der Waals surface area contributed by atoms with Crippen molar-refractivity contribution < 1.29 is 4.74 Å². The maximum Gasteiger partial charge on any atom is 0.0622 e. The molecule has 0 radical (unpaired) electrons. The Morgan fingerprint density at radius 3 is 2.76 bits per heavy atom. The molecule has 3 nitrogen and oxygen atoms in total. The van der Waals surface area contributed by atoms with E-state index in [1.807, 2.05) is 7.05 Å². The number of nitrogens with one attached hydrogen (secondary N) is 1. The third-order valence-electron chi connectivity index (χ3n) is 3.56. The van der Waals surface area contributed by atoms with E-state index in [2.05, 4.69) is 47.6 Å². The molecule has 1 saturated heterocycles. The minimum absolute atomic E-state index is 0.424. The Bertz CT molecular complexity index is 322.